The van der Waals surface area contributed by atoms with Crippen LogP contribution in [-0.2, 0) is 4.79 Å². The van der Waals surface area contributed by atoms with Gasteiger partial charge in [0.1, 0.15) is 0 Å². The first-order chi connectivity index (χ1) is 4.77. The van der Waals surface area contributed by atoms with Crippen LogP contribution < -0.4 is 22.1 Å². The van der Waals surface area contributed by atoms with Crippen molar-refractivity contribution < 1.29 is 14.6 Å². The molecule has 0 heterocycles. The molecule has 0 saturated heterocycles. The van der Waals surface area contributed by atoms with Gasteiger partial charge in [-0.25, -0.2) is 0 Å². The van der Waals surface area contributed by atoms with Crippen LogP contribution in [-0.4, -0.2) is 5.97 Å². The second kappa shape index (κ2) is 17.4. The lowest BCUT2D eigenvalue weighted by Gasteiger charge is -2.00. The molecule has 0 aromatic heterocycles. The molecule has 8 N–H and O–H groups in total. The highest BCUT2D eigenvalue weighted by Gasteiger charge is 1.88. The molecule has 13 heavy (non-hydrogen) atoms. The average Bonchev–Trinajstić information content (AvgIpc) is 1.87. The van der Waals surface area contributed by atoms with Crippen LogP contribution in [0.1, 0.15) is 45.4 Å². The van der Waals surface area contributed by atoms with E-state index in [-0.39, 0.29) is 23.4 Å². The third kappa shape index (κ3) is 24.6. The molecule has 0 bridgehead atoms. The van der Waals surface area contributed by atoms with Gasteiger partial charge in [-0.05, 0) is 12.8 Å². The van der Waals surface area contributed by atoms with Crippen LogP contribution >= 0.6 is 0 Å². The minimum Gasteiger partial charge on any atom is -1.00 e. The quantitative estimate of drug-likeness (QED) is 0.525. The molecular formula is C8H23FN2O2. The van der Waals surface area contributed by atoms with Crippen molar-refractivity contribution in [1.82, 2.24) is 12.3 Å². The van der Waals surface area contributed by atoms with Crippen molar-refractivity contribution in [2.24, 2.45) is 0 Å². The van der Waals surface area contributed by atoms with Crippen LogP contribution in [0.4, 0.5) is 0 Å². The Hall–Kier alpha value is -0.680. The highest BCUT2D eigenvalue weighted by Crippen LogP contribution is 2.03. The summed E-state index contributed by atoms with van der Waals surface area (Å²) in [6, 6.07) is 0. The molecule has 4 nitrogen and oxygen atoms in total. The SMILES string of the molecule is CCCCCCCC(=O)[O-].[F-].[NH4+].[NH4+]. The normalized spacial score (nSPS) is 7.46. The fourth-order valence-electron chi connectivity index (χ4n) is 0.873. The number of rotatable bonds is 6. The Morgan fingerprint density at radius 2 is 1.54 bits per heavy atom. The summed E-state index contributed by atoms with van der Waals surface area (Å²) in [6.07, 6.45) is 5.61. The van der Waals surface area contributed by atoms with Crippen molar-refractivity contribution >= 4 is 5.97 Å². The summed E-state index contributed by atoms with van der Waals surface area (Å²) >= 11 is 0. The largest absolute Gasteiger partial charge is 1.00 e. The number of carboxylic acid groups (broad SMARTS) is 1. The fourth-order valence-corrected chi connectivity index (χ4v) is 0.873. The monoisotopic (exact) mass is 198 g/mol. The molecule has 0 aliphatic carbocycles. The fraction of sp³-hybridized carbons (Fsp3) is 0.875. The third-order valence-electron chi connectivity index (χ3n) is 1.48. The topological polar surface area (TPSA) is 113 Å². The molecule has 0 saturated carbocycles. The van der Waals surface area contributed by atoms with Crippen molar-refractivity contribution in [2.75, 3.05) is 0 Å². The lowest BCUT2D eigenvalue weighted by molar-refractivity contribution is -0.305. The number of aliphatic carboxylic acids is 1. The predicted molar refractivity (Wildman–Crippen MR) is 50.4 cm³/mol. The average molecular weight is 198 g/mol. The van der Waals surface area contributed by atoms with Gasteiger partial charge >= 0.3 is 0 Å². The molecule has 0 unspecified atom stereocenters. The van der Waals surface area contributed by atoms with E-state index in [4.69, 9.17) is 0 Å². The summed E-state index contributed by atoms with van der Waals surface area (Å²) in [7, 11) is 0. The standard InChI is InChI=1S/C8H16O2.FH.2H3N/c1-2-3-4-5-6-7-8(9)10;;;/h2-7H2,1H3,(H,9,10);1H;2*1H3. The van der Waals surface area contributed by atoms with Gasteiger partial charge in [0.05, 0.1) is 0 Å². The molecule has 0 amide bonds. The number of halogens is 1. The molecule has 0 aliphatic heterocycles. The molecule has 0 spiro atoms. The number of hydrogen-bond acceptors (Lipinski definition) is 2. The summed E-state index contributed by atoms with van der Waals surface area (Å²) in [5, 5.41) is 9.92. The van der Waals surface area contributed by atoms with E-state index in [0.717, 1.165) is 19.3 Å². The summed E-state index contributed by atoms with van der Waals surface area (Å²) in [4.78, 5) is 9.92. The second-order valence-electron chi connectivity index (χ2n) is 2.54. The summed E-state index contributed by atoms with van der Waals surface area (Å²) in [5.41, 5.74) is 0. The number of carboxylic acids is 1. The molecule has 0 aromatic carbocycles. The Labute approximate surface area is 79.2 Å². The van der Waals surface area contributed by atoms with E-state index in [1.165, 1.54) is 12.8 Å². The molecule has 0 atom stereocenters. The summed E-state index contributed by atoms with van der Waals surface area (Å²) in [6.45, 7) is 2.14. The van der Waals surface area contributed by atoms with E-state index in [0.29, 0.717) is 0 Å². The van der Waals surface area contributed by atoms with Gasteiger partial charge < -0.3 is 26.9 Å². The molecule has 84 valence electrons. The summed E-state index contributed by atoms with van der Waals surface area (Å²) in [5.74, 6) is -0.920. The van der Waals surface area contributed by atoms with Crippen LogP contribution in [0, 0.1) is 0 Å². The van der Waals surface area contributed by atoms with Crippen LogP contribution in [0.3, 0.4) is 0 Å². The third-order valence-corrected chi connectivity index (χ3v) is 1.48. The Bertz CT molecular complexity index is 102. The molecule has 5 heteroatoms. The van der Waals surface area contributed by atoms with Gasteiger partial charge in [0.25, 0.3) is 0 Å². The van der Waals surface area contributed by atoms with E-state index in [1.54, 1.807) is 0 Å². The van der Waals surface area contributed by atoms with Crippen LogP contribution in [0.2, 0.25) is 0 Å². The smallest absolute Gasteiger partial charge is 0.0414 e. The van der Waals surface area contributed by atoms with Gasteiger partial charge in [-0.3, -0.25) is 0 Å². The Morgan fingerprint density at radius 3 is 1.92 bits per heavy atom. The van der Waals surface area contributed by atoms with E-state index >= 15 is 0 Å². The molecule has 0 fully saturated rings. The van der Waals surface area contributed by atoms with Gasteiger partial charge in [-0.15, -0.1) is 0 Å². The predicted octanol–water partition coefficient (Wildman–Crippen LogP) is -1.15. The van der Waals surface area contributed by atoms with E-state index < -0.39 is 5.97 Å². The Kier molecular flexibility index (Phi) is 30.6. The van der Waals surface area contributed by atoms with Gasteiger partial charge in [0, 0.05) is 5.97 Å². The van der Waals surface area contributed by atoms with Gasteiger partial charge in [0.2, 0.25) is 0 Å². The number of hydrogen-bond donors (Lipinski definition) is 2. The molecule has 0 radical (unpaired) electrons. The van der Waals surface area contributed by atoms with Crippen LogP contribution in [0.25, 0.3) is 0 Å². The minimum atomic E-state index is -0.920. The Balaban J connectivity index is -0.000000135. The number of unbranched alkanes of at least 4 members (excludes halogenated alkanes) is 4. The molecule has 0 aliphatic rings. The molecule has 0 aromatic rings. The van der Waals surface area contributed by atoms with Gasteiger partial charge in [-0.2, -0.15) is 0 Å². The Morgan fingerprint density at radius 1 is 1.08 bits per heavy atom. The van der Waals surface area contributed by atoms with Crippen molar-refractivity contribution in [3.8, 4) is 0 Å². The van der Waals surface area contributed by atoms with Crippen molar-refractivity contribution in [3.63, 3.8) is 0 Å². The minimum absolute atomic E-state index is 0. The van der Waals surface area contributed by atoms with Crippen LogP contribution in [0.15, 0.2) is 0 Å². The first kappa shape index (κ1) is 22.8. The molecule has 0 rings (SSSR count). The lowest BCUT2D eigenvalue weighted by atomic mass is 10.1. The maximum atomic E-state index is 9.92. The second-order valence-corrected chi connectivity index (χ2v) is 2.54. The maximum absolute atomic E-state index is 9.92. The van der Waals surface area contributed by atoms with Gasteiger partial charge in [0.15, 0.2) is 0 Å². The first-order valence-corrected chi connectivity index (χ1v) is 3.97. The van der Waals surface area contributed by atoms with E-state index in [2.05, 4.69) is 6.92 Å². The van der Waals surface area contributed by atoms with Gasteiger partial charge in [-0.1, -0.05) is 32.6 Å². The lowest BCUT2D eigenvalue weighted by Crippen LogP contribution is -3.00. The van der Waals surface area contributed by atoms with E-state index in [1.807, 2.05) is 0 Å². The number of carbonyl (C=O) groups excluding carboxylic acids is 1. The van der Waals surface area contributed by atoms with Crippen LogP contribution in [0.5, 0.6) is 0 Å². The maximum Gasteiger partial charge on any atom is 0.0414 e. The first-order valence-electron chi connectivity index (χ1n) is 3.97. The zero-order valence-corrected chi connectivity index (χ0v) is 8.94. The zero-order valence-electron chi connectivity index (χ0n) is 8.94. The number of carbonyl (C=O) groups is 1. The highest BCUT2D eigenvalue weighted by molar-refractivity contribution is 5.63. The van der Waals surface area contributed by atoms with Crippen molar-refractivity contribution in [2.45, 2.75) is 45.4 Å². The summed E-state index contributed by atoms with van der Waals surface area (Å²) < 4.78 is 0. The molecular weight excluding hydrogens is 175 g/mol. The van der Waals surface area contributed by atoms with E-state index in [9.17, 15) is 9.90 Å². The van der Waals surface area contributed by atoms with Crippen molar-refractivity contribution in [3.05, 3.63) is 0 Å². The highest BCUT2D eigenvalue weighted by atomic mass is 19.0. The zero-order chi connectivity index (χ0) is 7.82. The number of quaternary nitrogens is 2. The van der Waals surface area contributed by atoms with Crippen molar-refractivity contribution in [1.29, 1.82) is 0 Å².